The van der Waals surface area contributed by atoms with Crippen LogP contribution in [0.2, 0.25) is 0 Å². The van der Waals surface area contributed by atoms with Crippen LogP contribution in [0.1, 0.15) is 55.6 Å². The van der Waals surface area contributed by atoms with Gasteiger partial charge in [-0.2, -0.15) is 0 Å². The van der Waals surface area contributed by atoms with Gasteiger partial charge in [0.25, 0.3) is 0 Å². The van der Waals surface area contributed by atoms with Crippen molar-refractivity contribution in [3.05, 3.63) is 70.0 Å². The second kappa shape index (κ2) is 11.4. The number of primary sulfonamides is 1. The topological polar surface area (TPSA) is 179 Å². The van der Waals surface area contributed by atoms with Crippen molar-refractivity contribution in [1.82, 2.24) is 24.1 Å². The zero-order valence-corrected chi connectivity index (χ0v) is 24.4. The van der Waals surface area contributed by atoms with Crippen molar-refractivity contribution in [2.75, 3.05) is 13.2 Å². The van der Waals surface area contributed by atoms with Gasteiger partial charge in [0.2, 0.25) is 20.0 Å². The van der Waals surface area contributed by atoms with E-state index in [1.807, 2.05) is 6.92 Å². The van der Waals surface area contributed by atoms with E-state index in [1.165, 1.54) is 28.7 Å². The van der Waals surface area contributed by atoms with Gasteiger partial charge in [0, 0.05) is 12.5 Å². The first-order chi connectivity index (χ1) is 19.5. The number of nitrogens with two attached hydrogens (primary N) is 1. The lowest BCUT2D eigenvalue weighted by atomic mass is 10.0. The number of fused-ring (bicyclic) bond motifs is 1. The molecule has 2 aromatic heterocycles. The van der Waals surface area contributed by atoms with Gasteiger partial charge in [-0.15, -0.1) is 0 Å². The van der Waals surface area contributed by atoms with E-state index < -0.39 is 25.7 Å². The molecular weight excluding hydrogens is 568 g/mol. The van der Waals surface area contributed by atoms with E-state index in [9.17, 15) is 21.6 Å². The standard InChI is InChI=1S/C27H32N6O6S2/c1-3-39-23-13-12-21(41(37,38)29-15-14-18-8-10-20(11-9-18)40(28,35)36)16-22(23)25-31-26-24(19-6-4-5-7-19)30-17(2)33(26)27(34)32-25/h8-13,16,19,29H,3-7,14-15H2,1-2H3,(H2,28,35,36)(H,31,32,34). The molecule has 0 bridgehead atoms. The highest BCUT2D eigenvalue weighted by Crippen LogP contribution is 2.36. The minimum atomic E-state index is -3.95. The number of sulfonamides is 2. The summed E-state index contributed by atoms with van der Waals surface area (Å²) in [5, 5.41) is 5.13. The van der Waals surface area contributed by atoms with E-state index in [2.05, 4.69) is 14.7 Å². The Morgan fingerprint density at radius 3 is 2.39 bits per heavy atom. The third kappa shape index (κ3) is 6.05. The monoisotopic (exact) mass is 600 g/mol. The van der Waals surface area contributed by atoms with Gasteiger partial charge < -0.3 is 4.74 Å². The van der Waals surface area contributed by atoms with Gasteiger partial charge in [-0.1, -0.05) is 25.0 Å². The Labute approximate surface area is 238 Å². The van der Waals surface area contributed by atoms with Crippen LogP contribution in [0, 0.1) is 6.92 Å². The van der Waals surface area contributed by atoms with Crippen LogP contribution >= 0.6 is 0 Å². The number of nitrogens with one attached hydrogen (secondary N) is 2. The maximum absolute atomic E-state index is 13.2. The van der Waals surface area contributed by atoms with Crippen molar-refractivity contribution in [3.63, 3.8) is 0 Å². The van der Waals surface area contributed by atoms with Crippen molar-refractivity contribution in [3.8, 4) is 17.1 Å². The quantitative estimate of drug-likeness (QED) is 0.249. The normalized spacial score (nSPS) is 14.6. The largest absolute Gasteiger partial charge is 0.493 e. The summed E-state index contributed by atoms with van der Waals surface area (Å²) >= 11 is 0. The summed E-state index contributed by atoms with van der Waals surface area (Å²) in [6.45, 7) is 3.97. The van der Waals surface area contributed by atoms with Gasteiger partial charge in [-0.05, 0) is 69.0 Å². The molecule has 4 aromatic rings. The van der Waals surface area contributed by atoms with Crippen molar-refractivity contribution in [2.24, 2.45) is 5.14 Å². The average molecular weight is 601 g/mol. The van der Waals surface area contributed by atoms with E-state index in [4.69, 9.17) is 14.9 Å². The first-order valence-electron chi connectivity index (χ1n) is 13.4. The van der Waals surface area contributed by atoms with Gasteiger partial charge in [0.1, 0.15) is 17.4 Å². The number of imidazole rings is 1. The van der Waals surface area contributed by atoms with Crippen molar-refractivity contribution in [1.29, 1.82) is 0 Å². The average Bonchev–Trinajstić information content (AvgIpc) is 3.57. The Hall–Kier alpha value is -3.59. The second-order valence-electron chi connectivity index (χ2n) is 10.0. The van der Waals surface area contributed by atoms with Gasteiger partial charge in [-0.25, -0.2) is 45.9 Å². The zero-order chi connectivity index (χ0) is 29.4. The summed E-state index contributed by atoms with van der Waals surface area (Å²) in [5.41, 5.74) is 1.91. The number of hydrogen-bond donors (Lipinski definition) is 3. The van der Waals surface area contributed by atoms with E-state index in [0.29, 0.717) is 35.8 Å². The number of nitrogens with zero attached hydrogens (tertiary/aromatic N) is 3. The van der Waals surface area contributed by atoms with Crippen molar-refractivity contribution < 1.29 is 21.6 Å². The van der Waals surface area contributed by atoms with Crippen LogP contribution in [0.15, 0.2) is 57.1 Å². The summed E-state index contributed by atoms with van der Waals surface area (Å²) in [5.74, 6) is 1.34. The highest BCUT2D eigenvalue weighted by molar-refractivity contribution is 7.89. The second-order valence-corrected chi connectivity index (χ2v) is 13.3. The predicted molar refractivity (Wildman–Crippen MR) is 153 cm³/mol. The van der Waals surface area contributed by atoms with Crippen LogP contribution in [-0.4, -0.2) is 49.3 Å². The smallest absolute Gasteiger partial charge is 0.334 e. The number of hydrogen-bond acceptors (Lipinski definition) is 8. The third-order valence-electron chi connectivity index (χ3n) is 7.21. The lowest BCUT2D eigenvalue weighted by molar-refractivity contribution is 0.341. The third-order valence-corrected chi connectivity index (χ3v) is 9.60. The molecule has 2 heterocycles. The molecule has 0 unspecified atom stereocenters. The molecule has 5 rings (SSSR count). The van der Waals surface area contributed by atoms with Gasteiger partial charge in [0.05, 0.1) is 27.7 Å². The molecule has 0 radical (unpaired) electrons. The Bertz CT molecular complexity index is 1860. The number of aromatic amines is 1. The molecule has 0 saturated heterocycles. The highest BCUT2D eigenvalue weighted by atomic mass is 32.2. The molecular formula is C27H32N6O6S2. The van der Waals surface area contributed by atoms with Crippen LogP contribution in [-0.2, 0) is 26.5 Å². The van der Waals surface area contributed by atoms with Gasteiger partial charge >= 0.3 is 5.69 Å². The van der Waals surface area contributed by atoms with Crippen LogP contribution in [0.4, 0.5) is 0 Å². The molecule has 4 N–H and O–H groups in total. The fraction of sp³-hybridized carbons (Fsp3) is 0.370. The van der Waals surface area contributed by atoms with E-state index in [-0.39, 0.29) is 28.1 Å². The van der Waals surface area contributed by atoms with Crippen molar-refractivity contribution >= 4 is 25.7 Å². The van der Waals surface area contributed by atoms with Crippen LogP contribution < -0.4 is 20.3 Å². The molecule has 14 heteroatoms. The SMILES string of the molecule is CCOc1ccc(S(=O)(=O)NCCc2ccc(S(N)(=O)=O)cc2)cc1-c1nc2c(C3CCCC3)nc(C)n2c(=O)[nH]1. The molecule has 0 spiro atoms. The van der Waals surface area contributed by atoms with Crippen LogP contribution in [0.25, 0.3) is 17.0 Å². The molecule has 1 saturated carbocycles. The summed E-state index contributed by atoms with van der Waals surface area (Å²) in [4.78, 5) is 25.3. The molecule has 12 nitrogen and oxygen atoms in total. The lowest BCUT2D eigenvalue weighted by Crippen LogP contribution is -2.26. The maximum Gasteiger partial charge on any atom is 0.334 e. The number of H-pyrrole nitrogens is 1. The summed E-state index contributed by atoms with van der Waals surface area (Å²) in [6, 6.07) is 10.3. The molecule has 0 aliphatic heterocycles. The molecule has 0 amide bonds. The van der Waals surface area contributed by atoms with E-state index in [1.54, 1.807) is 25.1 Å². The molecule has 1 aliphatic rings. The van der Waals surface area contributed by atoms with Crippen LogP contribution in [0.3, 0.4) is 0 Å². The number of rotatable bonds is 10. The van der Waals surface area contributed by atoms with Crippen LogP contribution in [0.5, 0.6) is 5.75 Å². The Kier molecular flexibility index (Phi) is 8.01. The fourth-order valence-electron chi connectivity index (χ4n) is 5.19. The molecule has 0 atom stereocenters. The first-order valence-corrected chi connectivity index (χ1v) is 16.4. The highest BCUT2D eigenvalue weighted by Gasteiger charge is 2.26. The van der Waals surface area contributed by atoms with Gasteiger partial charge in [0.15, 0.2) is 5.65 Å². The molecule has 218 valence electrons. The lowest BCUT2D eigenvalue weighted by Gasteiger charge is -2.13. The Morgan fingerprint density at radius 1 is 1.05 bits per heavy atom. The summed E-state index contributed by atoms with van der Waals surface area (Å²) < 4.78 is 59.1. The number of aryl methyl sites for hydroxylation is 1. The predicted octanol–water partition coefficient (Wildman–Crippen LogP) is 2.62. The summed E-state index contributed by atoms with van der Waals surface area (Å²) in [6.07, 6.45) is 4.48. The Morgan fingerprint density at radius 2 is 1.73 bits per heavy atom. The molecule has 1 fully saturated rings. The first kappa shape index (κ1) is 28.9. The van der Waals surface area contributed by atoms with E-state index >= 15 is 0 Å². The summed E-state index contributed by atoms with van der Waals surface area (Å²) in [7, 11) is -7.76. The maximum atomic E-state index is 13.2. The minimum Gasteiger partial charge on any atom is -0.493 e. The number of benzene rings is 2. The molecule has 41 heavy (non-hydrogen) atoms. The molecule has 1 aliphatic carbocycles. The van der Waals surface area contributed by atoms with Gasteiger partial charge in [-0.3, -0.25) is 4.98 Å². The number of ether oxygens (including phenoxy) is 1. The number of aromatic nitrogens is 4. The molecule has 2 aromatic carbocycles. The van der Waals surface area contributed by atoms with Crippen molar-refractivity contribution in [2.45, 2.75) is 61.7 Å². The van der Waals surface area contributed by atoms with E-state index in [0.717, 1.165) is 36.9 Å². The zero-order valence-electron chi connectivity index (χ0n) is 22.8. The Balaban J connectivity index is 1.45. The minimum absolute atomic E-state index is 0.0185. The fourth-order valence-corrected chi connectivity index (χ4v) is 6.76.